The molecule has 0 aliphatic carbocycles. The molecule has 0 amide bonds. The Morgan fingerprint density at radius 2 is 2.21 bits per heavy atom. The summed E-state index contributed by atoms with van der Waals surface area (Å²) < 4.78 is 4.66. The SMILES string of the molecule is CC.CCOC(=O)c1nccc(N)n1. The minimum atomic E-state index is -0.551. The summed E-state index contributed by atoms with van der Waals surface area (Å²) in [6.07, 6.45) is 1.41. The third kappa shape index (κ3) is 3.84. The number of ether oxygens (including phenoxy) is 1. The van der Waals surface area contributed by atoms with Gasteiger partial charge in [0.1, 0.15) is 5.82 Å². The number of hydrogen-bond donors (Lipinski definition) is 1. The topological polar surface area (TPSA) is 78.1 Å². The third-order valence-electron chi connectivity index (χ3n) is 1.14. The summed E-state index contributed by atoms with van der Waals surface area (Å²) in [7, 11) is 0. The van der Waals surface area contributed by atoms with Crippen LogP contribution in [0.5, 0.6) is 0 Å². The van der Waals surface area contributed by atoms with Crippen molar-refractivity contribution in [2.75, 3.05) is 12.3 Å². The van der Waals surface area contributed by atoms with Gasteiger partial charge in [-0.05, 0) is 13.0 Å². The summed E-state index contributed by atoms with van der Waals surface area (Å²) >= 11 is 0. The van der Waals surface area contributed by atoms with Gasteiger partial charge in [-0.25, -0.2) is 14.8 Å². The molecule has 0 aliphatic rings. The summed E-state index contributed by atoms with van der Waals surface area (Å²) in [5.74, 6) is -0.297. The van der Waals surface area contributed by atoms with Gasteiger partial charge in [0.2, 0.25) is 5.82 Å². The molecule has 0 saturated heterocycles. The van der Waals surface area contributed by atoms with Gasteiger partial charge in [0.05, 0.1) is 6.61 Å². The molecule has 2 N–H and O–H groups in total. The lowest BCUT2D eigenvalue weighted by Gasteiger charge is -1.99. The summed E-state index contributed by atoms with van der Waals surface area (Å²) in [6.45, 7) is 6.02. The number of esters is 1. The van der Waals surface area contributed by atoms with Gasteiger partial charge in [-0.15, -0.1) is 0 Å². The molecule has 14 heavy (non-hydrogen) atoms. The Hall–Kier alpha value is -1.65. The molecule has 0 unspecified atom stereocenters. The maximum Gasteiger partial charge on any atom is 0.376 e. The highest BCUT2D eigenvalue weighted by Crippen LogP contribution is 1.97. The Labute approximate surface area is 83.3 Å². The summed E-state index contributed by atoms with van der Waals surface area (Å²) in [6, 6.07) is 1.50. The first-order valence-corrected chi connectivity index (χ1v) is 4.49. The smallest absolute Gasteiger partial charge is 0.376 e. The van der Waals surface area contributed by atoms with Crippen molar-refractivity contribution >= 4 is 11.8 Å². The Bertz CT molecular complexity index is 289. The molecule has 78 valence electrons. The Morgan fingerprint density at radius 1 is 1.57 bits per heavy atom. The molecule has 0 spiro atoms. The highest BCUT2D eigenvalue weighted by molar-refractivity contribution is 5.85. The fourth-order valence-corrected chi connectivity index (χ4v) is 0.667. The van der Waals surface area contributed by atoms with Gasteiger partial charge in [0.15, 0.2) is 0 Å². The minimum Gasteiger partial charge on any atom is -0.460 e. The fourth-order valence-electron chi connectivity index (χ4n) is 0.667. The Kier molecular flexibility index (Phi) is 6.02. The lowest BCUT2D eigenvalue weighted by atomic mass is 10.5. The monoisotopic (exact) mass is 197 g/mol. The van der Waals surface area contributed by atoms with Gasteiger partial charge in [-0.3, -0.25) is 0 Å². The first-order valence-electron chi connectivity index (χ1n) is 4.49. The van der Waals surface area contributed by atoms with E-state index in [9.17, 15) is 4.79 Å². The molecular weight excluding hydrogens is 182 g/mol. The Morgan fingerprint density at radius 3 is 2.71 bits per heavy atom. The van der Waals surface area contributed by atoms with E-state index in [1.165, 1.54) is 12.3 Å². The molecule has 0 radical (unpaired) electrons. The molecule has 1 heterocycles. The minimum absolute atomic E-state index is 0.00292. The highest BCUT2D eigenvalue weighted by atomic mass is 16.5. The van der Waals surface area contributed by atoms with Gasteiger partial charge < -0.3 is 10.5 Å². The number of nitrogens with two attached hydrogens (primary N) is 1. The molecule has 0 atom stereocenters. The van der Waals surface area contributed by atoms with E-state index in [4.69, 9.17) is 5.73 Å². The zero-order valence-corrected chi connectivity index (χ0v) is 8.65. The number of anilines is 1. The van der Waals surface area contributed by atoms with E-state index >= 15 is 0 Å². The van der Waals surface area contributed by atoms with E-state index < -0.39 is 5.97 Å². The fraction of sp³-hybridized carbons (Fsp3) is 0.444. The molecule has 0 bridgehead atoms. The van der Waals surface area contributed by atoms with Crippen molar-refractivity contribution in [1.29, 1.82) is 0 Å². The third-order valence-corrected chi connectivity index (χ3v) is 1.14. The normalized spacial score (nSPS) is 8.50. The van der Waals surface area contributed by atoms with Crippen molar-refractivity contribution in [3.8, 4) is 0 Å². The number of aromatic nitrogens is 2. The molecule has 0 saturated carbocycles. The number of nitrogens with zero attached hydrogens (tertiary/aromatic N) is 2. The summed E-state index contributed by atoms with van der Waals surface area (Å²) in [5, 5.41) is 0. The van der Waals surface area contributed by atoms with Crippen LogP contribution in [0.4, 0.5) is 5.82 Å². The van der Waals surface area contributed by atoms with Crippen molar-refractivity contribution < 1.29 is 9.53 Å². The Balaban J connectivity index is 0.000000791. The maximum absolute atomic E-state index is 11.0. The van der Waals surface area contributed by atoms with Crippen molar-refractivity contribution in [2.24, 2.45) is 0 Å². The molecule has 5 nitrogen and oxygen atoms in total. The number of hydrogen-bond acceptors (Lipinski definition) is 5. The number of carbonyl (C=O) groups is 1. The lowest BCUT2D eigenvalue weighted by molar-refractivity contribution is 0.0512. The number of carbonyl (C=O) groups excluding carboxylic acids is 1. The van der Waals surface area contributed by atoms with Crippen LogP contribution < -0.4 is 5.73 Å². The van der Waals surface area contributed by atoms with E-state index in [1.54, 1.807) is 6.92 Å². The van der Waals surface area contributed by atoms with Crippen LogP contribution in [-0.4, -0.2) is 22.5 Å². The molecule has 0 aromatic carbocycles. The standard InChI is InChI=1S/C7H9N3O2.C2H6/c1-2-12-7(11)6-9-4-3-5(8)10-6;1-2/h3-4H,2H2,1H3,(H2,8,9,10);1-2H3. The van der Waals surface area contributed by atoms with E-state index in [0.29, 0.717) is 6.61 Å². The predicted octanol–water partition coefficient (Wildman–Crippen LogP) is 1.26. The van der Waals surface area contributed by atoms with E-state index in [2.05, 4.69) is 14.7 Å². The summed E-state index contributed by atoms with van der Waals surface area (Å²) in [4.78, 5) is 18.4. The van der Waals surface area contributed by atoms with Crippen LogP contribution in [0, 0.1) is 0 Å². The van der Waals surface area contributed by atoms with Crippen LogP contribution in [0.15, 0.2) is 12.3 Å². The molecule has 1 aromatic rings. The molecule has 0 fully saturated rings. The van der Waals surface area contributed by atoms with Gasteiger partial charge in [0, 0.05) is 6.20 Å². The van der Waals surface area contributed by atoms with Crippen LogP contribution >= 0.6 is 0 Å². The maximum atomic E-state index is 11.0. The first-order chi connectivity index (χ1) is 6.74. The van der Waals surface area contributed by atoms with E-state index in [0.717, 1.165) is 0 Å². The molecule has 5 heteroatoms. The lowest BCUT2D eigenvalue weighted by Crippen LogP contribution is -2.10. The number of nitrogen functional groups attached to an aromatic ring is 1. The summed E-state index contributed by atoms with van der Waals surface area (Å²) in [5.41, 5.74) is 5.33. The first kappa shape index (κ1) is 12.3. The number of rotatable bonds is 2. The van der Waals surface area contributed by atoms with Gasteiger partial charge in [-0.2, -0.15) is 0 Å². The van der Waals surface area contributed by atoms with Gasteiger partial charge >= 0.3 is 5.97 Å². The highest BCUT2D eigenvalue weighted by Gasteiger charge is 2.08. The van der Waals surface area contributed by atoms with Crippen LogP contribution in [0.2, 0.25) is 0 Å². The van der Waals surface area contributed by atoms with E-state index in [1.807, 2.05) is 13.8 Å². The average molecular weight is 197 g/mol. The van der Waals surface area contributed by atoms with Crippen LogP contribution in [0.25, 0.3) is 0 Å². The average Bonchev–Trinajstić information content (AvgIpc) is 2.21. The van der Waals surface area contributed by atoms with Gasteiger partial charge in [0.25, 0.3) is 0 Å². The quantitative estimate of drug-likeness (QED) is 0.722. The zero-order valence-electron chi connectivity index (χ0n) is 8.65. The predicted molar refractivity (Wildman–Crippen MR) is 53.7 cm³/mol. The molecule has 0 aliphatic heterocycles. The second-order valence-electron chi connectivity index (χ2n) is 2.03. The second-order valence-corrected chi connectivity index (χ2v) is 2.03. The van der Waals surface area contributed by atoms with Gasteiger partial charge in [-0.1, -0.05) is 13.8 Å². The largest absolute Gasteiger partial charge is 0.460 e. The van der Waals surface area contributed by atoms with Crippen LogP contribution in [0.3, 0.4) is 0 Å². The van der Waals surface area contributed by atoms with Crippen molar-refractivity contribution in [3.05, 3.63) is 18.1 Å². The van der Waals surface area contributed by atoms with Crippen molar-refractivity contribution in [2.45, 2.75) is 20.8 Å². The van der Waals surface area contributed by atoms with Crippen LogP contribution in [-0.2, 0) is 4.74 Å². The molecular formula is C9H15N3O2. The molecule has 1 rings (SSSR count). The van der Waals surface area contributed by atoms with Crippen LogP contribution in [0.1, 0.15) is 31.4 Å². The second kappa shape index (κ2) is 6.82. The van der Waals surface area contributed by atoms with Crippen molar-refractivity contribution in [3.63, 3.8) is 0 Å². The van der Waals surface area contributed by atoms with E-state index in [-0.39, 0.29) is 11.6 Å². The van der Waals surface area contributed by atoms with Crippen molar-refractivity contribution in [1.82, 2.24) is 9.97 Å². The zero-order chi connectivity index (χ0) is 11.0. The molecule has 1 aromatic heterocycles.